The molecule has 0 atom stereocenters. The van der Waals surface area contributed by atoms with Crippen molar-refractivity contribution in [2.75, 3.05) is 7.05 Å². The van der Waals surface area contributed by atoms with Gasteiger partial charge in [-0.25, -0.2) is 13.2 Å². The molecule has 18 heavy (non-hydrogen) atoms. The van der Waals surface area contributed by atoms with Crippen molar-refractivity contribution in [2.24, 2.45) is 0 Å². The highest BCUT2D eigenvalue weighted by Gasteiger charge is 2.31. The van der Waals surface area contributed by atoms with Gasteiger partial charge in [-0.1, -0.05) is 12.8 Å². The van der Waals surface area contributed by atoms with E-state index in [2.05, 4.69) is 0 Å². The smallest absolute Gasteiger partial charge is 0.336 e. The topological polar surface area (TPSA) is 74.7 Å². The Labute approximate surface area is 110 Å². The molecule has 5 nitrogen and oxygen atoms in total. The van der Waals surface area contributed by atoms with E-state index in [-0.39, 0.29) is 15.8 Å². The lowest BCUT2D eigenvalue weighted by molar-refractivity contribution is 0.0697. The monoisotopic (exact) mass is 289 g/mol. The number of hydrogen-bond donors (Lipinski definition) is 1. The number of aromatic carboxylic acids is 1. The first-order valence-electron chi connectivity index (χ1n) is 5.73. The molecule has 7 heteroatoms. The summed E-state index contributed by atoms with van der Waals surface area (Å²) in [5.74, 6) is -1.10. The lowest BCUT2D eigenvalue weighted by Gasteiger charge is -2.22. The van der Waals surface area contributed by atoms with Gasteiger partial charge in [-0.3, -0.25) is 0 Å². The Balaban J connectivity index is 2.26. The van der Waals surface area contributed by atoms with Gasteiger partial charge in [0.1, 0.15) is 4.21 Å². The van der Waals surface area contributed by atoms with Crippen molar-refractivity contribution in [1.29, 1.82) is 0 Å². The average molecular weight is 289 g/mol. The van der Waals surface area contributed by atoms with Crippen molar-refractivity contribution in [2.45, 2.75) is 35.9 Å². The fourth-order valence-corrected chi connectivity index (χ4v) is 4.92. The molecule has 2 rings (SSSR count). The Morgan fingerprint density at radius 1 is 1.44 bits per heavy atom. The van der Waals surface area contributed by atoms with E-state index >= 15 is 0 Å². The van der Waals surface area contributed by atoms with Crippen LogP contribution in [0, 0.1) is 0 Å². The van der Waals surface area contributed by atoms with Crippen LogP contribution in [0.2, 0.25) is 0 Å². The number of rotatable bonds is 4. The largest absolute Gasteiger partial charge is 0.478 e. The van der Waals surface area contributed by atoms with Crippen molar-refractivity contribution in [3.63, 3.8) is 0 Å². The number of carbonyl (C=O) groups is 1. The normalized spacial score (nSPS) is 17.4. The van der Waals surface area contributed by atoms with Crippen LogP contribution in [0.3, 0.4) is 0 Å². The average Bonchev–Trinajstić information content (AvgIpc) is 2.99. The van der Waals surface area contributed by atoms with Gasteiger partial charge < -0.3 is 5.11 Å². The lowest BCUT2D eigenvalue weighted by atomic mass is 10.3. The van der Waals surface area contributed by atoms with E-state index in [9.17, 15) is 13.2 Å². The van der Waals surface area contributed by atoms with Crippen LogP contribution in [0.1, 0.15) is 36.0 Å². The molecule has 0 aliphatic heterocycles. The molecule has 1 aliphatic rings. The van der Waals surface area contributed by atoms with Crippen LogP contribution in [0.4, 0.5) is 0 Å². The second kappa shape index (κ2) is 4.99. The molecular weight excluding hydrogens is 274 g/mol. The first kappa shape index (κ1) is 13.5. The van der Waals surface area contributed by atoms with Crippen molar-refractivity contribution < 1.29 is 18.3 Å². The number of sulfonamides is 1. The standard InChI is InChI=1S/C11H15NO4S2/c1-12(9-4-2-3-5-9)18(15,16)10-6-8(7-17-10)11(13)14/h6-7,9H,2-5H2,1H3,(H,13,14). The zero-order valence-electron chi connectivity index (χ0n) is 10.00. The van der Waals surface area contributed by atoms with Crippen molar-refractivity contribution >= 4 is 27.3 Å². The Morgan fingerprint density at radius 3 is 2.56 bits per heavy atom. The van der Waals surface area contributed by atoms with Crippen LogP contribution in [0.25, 0.3) is 0 Å². The third kappa shape index (κ3) is 2.43. The Bertz CT molecular complexity index is 543. The second-order valence-electron chi connectivity index (χ2n) is 4.42. The molecule has 0 spiro atoms. The summed E-state index contributed by atoms with van der Waals surface area (Å²) in [5, 5.41) is 10.2. The van der Waals surface area contributed by atoms with Gasteiger partial charge in [-0.05, 0) is 18.9 Å². The molecule has 0 amide bonds. The first-order valence-corrected chi connectivity index (χ1v) is 8.05. The van der Waals surface area contributed by atoms with E-state index in [1.807, 2.05) is 0 Å². The summed E-state index contributed by atoms with van der Waals surface area (Å²) in [6.07, 6.45) is 3.87. The highest BCUT2D eigenvalue weighted by atomic mass is 32.2. The van der Waals surface area contributed by atoms with Crippen molar-refractivity contribution in [1.82, 2.24) is 4.31 Å². The van der Waals surface area contributed by atoms with E-state index in [0.29, 0.717) is 0 Å². The fourth-order valence-electron chi connectivity index (χ4n) is 2.17. The molecule has 1 heterocycles. The van der Waals surface area contributed by atoms with Crippen LogP contribution in [0.5, 0.6) is 0 Å². The Morgan fingerprint density at radius 2 is 2.06 bits per heavy atom. The molecule has 0 aromatic carbocycles. The maximum absolute atomic E-state index is 12.3. The maximum Gasteiger partial charge on any atom is 0.336 e. The summed E-state index contributed by atoms with van der Waals surface area (Å²) in [6, 6.07) is 1.28. The zero-order chi connectivity index (χ0) is 13.3. The first-order chi connectivity index (χ1) is 8.43. The van der Waals surface area contributed by atoms with Gasteiger partial charge in [0.15, 0.2) is 0 Å². The minimum atomic E-state index is -3.55. The van der Waals surface area contributed by atoms with Gasteiger partial charge in [-0.15, -0.1) is 11.3 Å². The number of hydrogen-bond acceptors (Lipinski definition) is 4. The van der Waals surface area contributed by atoms with Gasteiger partial charge in [-0.2, -0.15) is 4.31 Å². The summed E-state index contributed by atoms with van der Waals surface area (Å²) in [6.45, 7) is 0. The quantitative estimate of drug-likeness (QED) is 0.920. The highest BCUT2D eigenvalue weighted by Crippen LogP contribution is 2.29. The van der Waals surface area contributed by atoms with Crippen LogP contribution < -0.4 is 0 Å². The number of thiophene rings is 1. The summed E-state index contributed by atoms with van der Waals surface area (Å²) in [4.78, 5) is 10.8. The number of nitrogens with zero attached hydrogens (tertiary/aromatic N) is 1. The molecule has 100 valence electrons. The summed E-state index contributed by atoms with van der Waals surface area (Å²) < 4.78 is 26.1. The molecule has 0 bridgehead atoms. The molecule has 1 aliphatic carbocycles. The summed E-state index contributed by atoms with van der Waals surface area (Å²) in [7, 11) is -1.97. The molecule has 0 saturated heterocycles. The zero-order valence-corrected chi connectivity index (χ0v) is 11.6. The van der Waals surface area contributed by atoms with Crippen LogP contribution in [0.15, 0.2) is 15.7 Å². The van der Waals surface area contributed by atoms with E-state index in [0.717, 1.165) is 37.0 Å². The predicted octanol–water partition coefficient (Wildman–Crippen LogP) is 2.01. The molecule has 0 radical (unpaired) electrons. The minimum Gasteiger partial charge on any atom is -0.478 e. The third-order valence-electron chi connectivity index (χ3n) is 3.29. The summed E-state index contributed by atoms with van der Waals surface area (Å²) >= 11 is 0.961. The van der Waals surface area contributed by atoms with Crippen LogP contribution in [-0.4, -0.2) is 36.9 Å². The van der Waals surface area contributed by atoms with E-state index in [4.69, 9.17) is 5.11 Å². The molecule has 1 N–H and O–H groups in total. The molecule has 0 unspecified atom stereocenters. The molecule has 1 fully saturated rings. The Kier molecular flexibility index (Phi) is 3.74. The highest BCUT2D eigenvalue weighted by molar-refractivity contribution is 7.91. The van der Waals surface area contributed by atoms with Gasteiger partial charge >= 0.3 is 5.97 Å². The number of carboxylic acids is 1. The van der Waals surface area contributed by atoms with Crippen molar-refractivity contribution in [3.8, 4) is 0 Å². The summed E-state index contributed by atoms with van der Waals surface area (Å²) in [5.41, 5.74) is 0.0263. The maximum atomic E-state index is 12.3. The lowest BCUT2D eigenvalue weighted by Crippen LogP contribution is -2.34. The third-order valence-corrected chi connectivity index (χ3v) is 6.62. The van der Waals surface area contributed by atoms with Crippen LogP contribution in [-0.2, 0) is 10.0 Å². The van der Waals surface area contributed by atoms with Crippen molar-refractivity contribution in [3.05, 3.63) is 17.0 Å². The Hall–Kier alpha value is -0.920. The SMILES string of the molecule is CN(C1CCCC1)S(=O)(=O)c1cc(C(=O)O)cs1. The predicted molar refractivity (Wildman–Crippen MR) is 68.5 cm³/mol. The molecule has 1 aromatic rings. The minimum absolute atomic E-state index is 0.0263. The van der Waals surface area contributed by atoms with Gasteiger partial charge in [0.05, 0.1) is 5.56 Å². The molecule has 1 saturated carbocycles. The molecule has 1 aromatic heterocycles. The van der Waals surface area contributed by atoms with Crippen LogP contribution >= 0.6 is 11.3 Å². The van der Waals surface area contributed by atoms with Gasteiger partial charge in [0.2, 0.25) is 0 Å². The van der Waals surface area contributed by atoms with E-state index < -0.39 is 16.0 Å². The van der Waals surface area contributed by atoms with E-state index in [1.165, 1.54) is 15.8 Å². The second-order valence-corrected chi connectivity index (χ2v) is 7.55. The van der Waals surface area contributed by atoms with Gasteiger partial charge in [0.25, 0.3) is 10.0 Å². The van der Waals surface area contributed by atoms with Gasteiger partial charge in [0, 0.05) is 18.5 Å². The number of carboxylic acid groups (broad SMARTS) is 1. The fraction of sp³-hybridized carbons (Fsp3) is 0.545. The molecular formula is C11H15NO4S2. The van der Waals surface area contributed by atoms with E-state index in [1.54, 1.807) is 7.05 Å².